The Hall–Kier alpha value is -1.35. The number of nitrogens with zero attached hydrogens (tertiary/aromatic N) is 3. The molecule has 0 unspecified atom stereocenters. The van der Waals surface area contributed by atoms with Crippen LogP contribution in [0, 0.1) is 5.92 Å². The van der Waals surface area contributed by atoms with E-state index in [1.165, 1.54) is 18.4 Å². The number of carbonyl (C=O) groups excluding carboxylic acids is 1. The molecule has 1 aliphatic carbocycles. The minimum absolute atomic E-state index is 0. The van der Waals surface area contributed by atoms with Gasteiger partial charge in [-0.15, -0.1) is 24.0 Å². The number of amides is 1. The van der Waals surface area contributed by atoms with Gasteiger partial charge < -0.3 is 15.5 Å². The predicted octanol–water partition coefficient (Wildman–Crippen LogP) is 3.13. The number of rotatable bonds is 9. The molecular formula is C24H40IN5O. The molecule has 0 aromatic heterocycles. The second-order valence-electron chi connectivity index (χ2n) is 8.42. The summed E-state index contributed by atoms with van der Waals surface area (Å²) in [7, 11) is 0. The summed E-state index contributed by atoms with van der Waals surface area (Å²) in [6, 6.07) is 10.6. The molecule has 2 aliphatic rings. The molecule has 1 saturated carbocycles. The van der Waals surface area contributed by atoms with E-state index in [2.05, 4.69) is 57.7 Å². The summed E-state index contributed by atoms with van der Waals surface area (Å²) in [5.74, 6) is 1.61. The van der Waals surface area contributed by atoms with Crippen molar-refractivity contribution < 1.29 is 4.79 Å². The Kier molecular flexibility index (Phi) is 12.3. The first-order chi connectivity index (χ1) is 14.8. The number of halogens is 1. The first kappa shape index (κ1) is 25.9. The van der Waals surface area contributed by atoms with Gasteiger partial charge >= 0.3 is 0 Å². The Labute approximate surface area is 205 Å². The quantitative estimate of drug-likeness (QED) is 0.218. The third kappa shape index (κ3) is 8.96. The molecular weight excluding hydrogens is 501 g/mol. The zero-order chi connectivity index (χ0) is 21.0. The maximum Gasteiger partial charge on any atom is 0.225 e. The summed E-state index contributed by atoms with van der Waals surface area (Å²) in [6.45, 7) is 9.36. The van der Waals surface area contributed by atoms with Crippen molar-refractivity contribution in [2.24, 2.45) is 10.9 Å². The summed E-state index contributed by atoms with van der Waals surface area (Å²) in [4.78, 5) is 21.8. The molecule has 2 fully saturated rings. The van der Waals surface area contributed by atoms with Crippen LogP contribution >= 0.6 is 24.0 Å². The summed E-state index contributed by atoms with van der Waals surface area (Å²) >= 11 is 0. The number of hydrogen-bond donors (Lipinski definition) is 2. The number of guanidine groups is 1. The van der Waals surface area contributed by atoms with Gasteiger partial charge in [-0.05, 0) is 38.2 Å². The van der Waals surface area contributed by atoms with E-state index in [4.69, 9.17) is 4.99 Å². The summed E-state index contributed by atoms with van der Waals surface area (Å²) < 4.78 is 0. The minimum Gasteiger partial charge on any atom is -0.357 e. The van der Waals surface area contributed by atoms with Crippen molar-refractivity contribution in [3.8, 4) is 0 Å². The van der Waals surface area contributed by atoms with Gasteiger partial charge in [0.05, 0.1) is 0 Å². The molecule has 1 amide bonds. The number of carbonyl (C=O) groups is 1. The smallest absolute Gasteiger partial charge is 0.225 e. The standard InChI is InChI=1S/C24H39N5O.HI/c1-2-25-24(26-14-8-11-21-9-4-3-5-10-21)27-15-16-28-17-19-29(20-18-28)23(30)22-12-6-7-13-22;/h3-5,9-10,22H,2,6-8,11-20H2,1H3,(H2,25,26,27);1H. The number of hydrogen-bond acceptors (Lipinski definition) is 3. The van der Waals surface area contributed by atoms with E-state index in [-0.39, 0.29) is 24.0 Å². The second-order valence-corrected chi connectivity index (χ2v) is 8.42. The van der Waals surface area contributed by atoms with E-state index in [9.17, 15) is 4.79 Å². The van der Waals surface area contributed by atoms with Crippen LogP contribution in [0.2, 0.25) is 0 Å². The van der Waals surface area contributed by atoms with Crippen molar-refractivity contribution in [2.75, 3.05) is 52.4 Å². The molecule has 0 radical (unpaired) electrons. The zero-order valence-electron chi connectivity index (χ0n) is 19.0. The van der Waals surface area contributed by atoms with Crippen molar-refractivity contribution in [3.63, 3.8) is 0 Å². The van der Waals surface area contributed by atoms with E-state index in [0.29, 0.717) is 11.8 Å². The van der Waals surface area contributed by atoms with Crippen molar-refractivity contribution in [3.05, 3.63) is 35.9 Å². The lowest BCUT2D eigenvalue weighted by atomic mass is 10.1. The monoisotopic (exact) mass is 541 g/mol. The fourth-order valence-electron chi connectivity index (χ4n) is 4.42. The highest BCUT2D eigenvalue weighted by atomic mass is 127. The molecule has 6 nitrogen and oxygen atoms in total. The molecule has 174 valence electrons. The third-order valence-electron chi connectivity index (χ3n) is 6.19. The van der Waals surface area contributed by atoms with Crippen LogP contribution in [0.3, 0.4) is 0 Å². The molecule has 1 saturated heterocycles. The zero-order valence-corrected chi connectivity index (χ0v) is 21.4. The Morgan fingerprint density at radius 2 is 1.77 bits per heavy atom. The Bertz CT molecular complexity index is 655. The highest BCUT2D eigenvalue weighted by molar-refractivity contribution is 14.0. The molecule has 2 N–H and O–H groups in total. The second kappa shape index (κ2) is 14.7. The van der Waals surface area contributed by atoms with Crippen LogP contribution in [-0.2, 0) is 11.2 Å². The lowest BCUT2D eigenvalue weighted by Gasteiger charge is -2.36. The van der Waals surface area contributed by atoms with Crippen LogP contribution < -0.4 is 10.6 Å². The minimum atomic E-state index is 0. The van der Waals surface area contributed by atoms with Crippen molar-refractivity contribution in [1.82, 2.24) is 20.4 Å². The molecule has 7 heteroatoms. The van der Waals surface area contributed by atoms with E-state index >= 15 is 0 Å². The first-order valence-electron chi connectivity index (χ1n) is 11.8. The van der Waals surface area contributed by atoms with E-state index in [1.54, 1.807) is 0 Å². The summed E-state index contributed by atoms with van der Waals surface area (Å²) in [5.41, 5.74) is 1.37. The lowest BCUT2D eigenvalue weighted by Crippen LogP contribution is -2.51. The normalized spacial score (nSPS) is 18.0. The highest BCUT2D eigenvalue weighted by Gasteiger charge is 2.29. The summed E-state index contributed by atoms with van der Waals surface area (Å²) in [5, 5.41) is 6.80. The number of piperazine rings is 1. The van der Waals surface area contributed by atoms with Gasteiger partial charge in [0.2, 0.25) is 5.91 Å². The van der Waals surface area contributed by atoms with Crippen molar-refractivity contribution in [2.45, 2.75) is 45.4 Å². The van der Waals surface area contributed by atoms with E-state index < -0.39 is 0 Å². The molecule has 1 aliphatic heterocycles. The molecule has 31 heavy (non-hydrogen) atoms. The van der Waals surface area contributed by atoms with E-state index in [0.717, 1.165) is 84.0 Å². The lowest BCUT2D eigenvalue weighted by molar-refractivity contribution is -0.137. The van der Waals surface area contributed by atoms with Crippen molar-refractivity contribution in [1.29, 1.82) is 0 Å². The maximum absolute atomic E-state index is 12.6. The summed E-state index contributed by atoms with van der Waals surface area (Å²) in [6.07, 6.45) is 6.76. The van der Waals surface area contributed by atoms with Gasteiger partial charge in [-0.3, -0.25) is 14.7 Å². The largest absolute Gasteiger partial charge is 0.357 e. The van der Waals surface area contributed by atoms with E-state index in [1.807, 2.05) is 0 Å². The van der Waals surface area contributed by atoms with Gasteiger partial charge in [-0.1, -0.05) is 43.2 Å². The Balaban J connectivity index is 0.00000341. The van der Waals surface area contributed by atoms with Gasteiger partial charge in [0.25, 0.3) is 0 Å². The van der Waals surface area contributed by atoms with Crippen LogP contribution in [0.15, 0.2) is 35.3 Å². The van der Waals surface area contributed by atoms with Gasteiger partial charge in [0, 0.05) is 58.3 Å². The number of benzene rings is 1. The van der Waals surface area contributed by atoms with Gasteiger partial charge in [-0.2, -0.15) is 0 Å². The van der Waals surface area contributed by atoms with Crippen LogP contribution in [0.4, 0.5) is 0 Å². The van der Waals surface area contributed by atoms with Crippen LogP contribution in [0.1, 0.15) is 44.6 Å². The average Bonchev–Trinajstić information content (AvgIpc) is 3.32. The molecule has 1 heterocycles. The SMILES string of the molecule is CCNC(=NCCCc1ccccc1)NCCN1CCN(C(=O)C2CCCC2)CC1.I. The first-order valence-corrected chi connectivity index (χ1v) is 11.8. The molecule has 3 rings (SSSR count). The third-order valence-corrected chi connectivity index (χ3v) is 6.19. The van der Waals surface area contributed by atoms with Crippen LogP contribution in [0.25, 0.3) is 0 Å². The molecule has 1 aromatic carbocycles. The fourth-order valence-corrected chi connectivity index (χ4v) is 4.42. The topological polar surface area (TPSA) is 60.0 Å². The molecule has 0 atom stereocenters. The average molecular weight is 542 g/mol. The number of nitrogens with one attached hydrogen (secondary N) is 2. The molecule has 0 bridgehead atoms. The number of aryl methyl sites for hydroxylation is 1. The molecule has 1 aromatic rings. The highest BCUT2D eigenvalue weighted by Crippen LogP contribution is 2.26. The van der Waals surface area contributed by atoms with Gasteiger partial charge in [-0.25, -0.2) is 0 Å². The number of aliphatic imine (C=N–C) groups is 1. The Morgan fingerprint density at radius 3 is 2.45 bits per heavy atom. The van der Waals surface area contributed by atoms with Crippen LogP contribution in [-0.4, -0.2) is 74.0 Å². The van der Waals surface area contributed by atoms with Gasteiger partial charge in [0.1, 0.15) is 0 Å². The fraction of sp³-hybridized carbons (Fsp3) is 0.667. The van der Waals surface area contributed by atoms with Crippen LogP contribution in [0.5, 0.6) is 0 Å². The van der Waals surface area contributed by atoms with Crippen molar-refractivity contribution >= 4 is 35.8 Å². The maximum atomic E-state index is 12.6. The Morgan fingerprint density at radius 1 is 1.06 bits per heavy atom. The molecule has 0 spiro atoms. The predicted molar refractivity (Wildman–Crippen MR) is 139 cm³/mol. The van der Waals surface area contributed by atoms with Gasteiger partial charge in [0.15, 0.2) is 5.96 Å².